The maximum atomic E-state index is 11.8. The Kier molecular flexibility index (Phi) is 4.74. The van der Waals surface area contributed by atoms with Crippen molar-refractivity contribution in [3.8, 4) is 0 Å². The van der Waals surface area contributed by atoms with Crippen LogP contribution in [0.25, 0.3) is 0 Å². The molecule has 0 radical (unpaired) electrons. The largest absolute Gasteiger partial charge is 0.478 e. The molecule has 0 bridgehead atoms. The predicted octanol–water partition coefficient (Wildman–Crippen LogP) is 2.46. The number of nitrogens with one attached hydrogen (secondary N) is 2. The number of carbonyl (C=O) groups is 2. The molecule has 3 N–H and O–H groups in total. The first-order valence-corrected chi connectivity index (χ1v) is 5.23. The summed E-state index contributed by atoms with van der Waals surface area (Å²) >= 11 is 0. The number of halogens is 3. The smallest absolute Gasteiger partial charge is 0.390 e. The van der Waals surface area contributed by atoms with Crippen LogP contribution in [0.4, 0.5) is 23.7 Å². The average molecular weight is 276 g/mol. The monoisotopic (exact) mass is 276 g/mol. The van der Waals surface area contributed by atoms with Gasteiger partial charge in [0.05, 0.1) is 12.0 Å². The van der Waals surface area contributed by atoms with Gasteiger partial charge in [-0.2, -0.15) is 13.2 Å². The summed E-state index contributed by atoms with van der Waals surface area (Å²) in [5, 5.41) is 13.0. The second-order valence-corrected chi connectivity index (χ2v) is 3.63. The first kappa shape index (κ1) is 14.8. The average Bonchev–Trinajstić information content (AvgIpc) is 2.27. The highest BCUT2D eigenvalue weighted by molar-refractivity contribution is 5.93. The Balaban J connectivity index is 2.48. The molecule has 0 spiro atoms. The summed E-state index contributed by atoms with van der Waals surface area (Å²) in [6.07, 6.45) is -5.47. The number of carbonyl (C=O) groups excluding carboxylic acids is 1. The maximum Gasteiger partial charge on any atom is 0.390 e. The first-order valence-electron chi connectivity index (χ1n) is 5.23. The van der Waals surface area contributed by atoms with E-state index in [-0.39, 0.29) is 11.3 Å². The highest BCUT2D eigenvalue weighted by Gasteiger charge is 2.26. The molecule has 104 valence electrons. The van der Waals surface area contributed by atoms with Crippen LogP contribution in [-0.2, 0) is 0 Å². The first-order chi connectivity index (χ1) is 8.78. The fourth-order valence-electron chi connectivity index (χ4n) is 1.22. The van der Waals surface area contributed by atoms with Gasteiger partial charge in [0.2, 0.25) is 0 Å². The summed E-state index contributed by atoms with van der Waals surface area (Å²) in [7, 11) is 0. The normalized spacial score (nSPS) is 10.9. The summed E-state index contributed by atoms with van der Waals surface area (Å²) in [5.74, 6) is -1.17. The summed E-state index contributed by atoms with van der Waals surface area (Å²) in [4.78, 5) is 21.9. The van der Waals surface area contributed by atoms with Gasteiger partial charge in [-0.25, -0.2) is 9.59 Å². The zero-order valence-electron chi connectivity index (χ0n) is 9.62. The lowest BCUT2D eigenvalue weighted by atomic mass is 10.2. The minimum absolute atomic E-state index is 0.0342. The summed E-state index contributed by atoms with van der Waals surface area (Å²) in [5.41, 5.74) is 0.150. The van der Waals surface area contributed by atoms with Crippen molar-refractivity contribution in [2.24, 2.45) is 0 Å². The van der Waals surface area contributed by atoms with Gasteiger partial charge in [-0.1, -0.05) is 6.07 Å². The third-order valence-electron chi connectivity index (χ3n) is 2.06. The van der Waals surface area contributed by atoms with Crippen LogP contribution in [0, 0.1) is 0 Å². The molecule has 0 saturated carbocycles. The Morgan fingerprint density at radius 1 is 1.26 bits per heavy atom. The molecule has 0 aliphatic carbocycles. The van der Waals surface area contributed by atoms with Gasteiger partial charge in [0, 0.05) is 12.2 Å². The number of hydrogen-bond acceptors (Lipinski definition) is 2. The molecule has 2 amide bonds. The van der Waals surface area contributed by atoms with Crippen molar-refractivity contribution in [3.63, 3.8) is 0 Å². The van der Waals surface area contributed by atoms with Gasteiger partial charge in [0.1, 0.15) is 0 Å². The minimum atomic E-state index is -4.34. The number of anilines is 1. The molecule has 0 atom stereocenters. The van der Waals surface area contributed by atoms with Crippen LogP contribution in [0.15, 0.2) is 24.3 Å². The van der Waals surface area contributed by atoms with E-state index in [2.05, 4.69) is 5.32 Å². The summed E-state index contributed by atoms with van der Waals surface area (Å²) < 4.78 is 35.5. The minimum Gasteiger partial charge on any atom is -0.478 e. The van der Waals surface area contributed by atoms with Crippen LogP contribution < -0.4 is 10.6 Å². The highest BCUT2D eigenvalue weighted by Crippen LogP contribution is 2.18. The van der Waals surface area contributed by atoms with Crippen LogP contribution in [0.5, 0.6) is 0 Å². The summed E-state index contributed by atoms with van der Waals surface area (Å²) in [6.45, 7) is -0.548. The van der Waals surface area contributed by atoms with Gasteiger partial charge < -0.3 is 15.7 Å². The van der Waals surface area contributed by atoms with Crippen LogP contribution >= 0.6 is 0 Å². The topological polar surface area (TPSA) is 78.4 Å². The molecular formula is C11H11F3N2O3. The van der Waals surface area contributed by atoms with E-state index in [4.69, 9.17) is 5.11 Å². The Bertz CT molecular complexity index is 474. The number of hydrogen-bond donors (Lipinski definition) is 3. The number of aromatic carboxylic acids is 1. The van der Waals surface area contributed by atoms with E-state index in [1.807, 2.05) is 5.32 Å². The summed E-state index contributed by atoms with van der Waals surface area (Å²) in [6, 6.07) is 4.54. The second-order valence-electron chi connectivity index (χ2n) is 3.63. The van der Waals surface area contributed by atoms with Crippen LogP contribution in [0.2, 0.25) is 0 Å². The molecule has 0 fully saturated rings. The van der Waals surface area contributed by atoms with Crippen LogP contribution in [0.1, 0.15) is 16.8 Å². The van der Waals surface area contributed by atoms with E-state index in [9.17, 15) is 22.8 Å². The van der Waals surface area contributed by atoms with Crippen molar-refractivity contribution in [1.82, 2.24) is 5.32 Å². The Labute approximate surface area is 106 Å². The number of benzene rings is 1. The van der Waals surface area contributed by atoms with Crippen LogP contribution in [-0.4, -0.2) is 29.8 Å². The zero-order chi connectivity index (χ0) is 14.5. The zero-order valence-corrected chi connectivity index (χ0v) is 9.62. The highest BCUT2D eigenvalue weighted by atomic mass is 19.4. The third-order valence-corrected chi connectivity index (χ3v) is 2.06. The van der Waals surface area contributed by atoms with Gasteiger partial charge in [-0.3, -0.25) is 0 Å². The molecule has 0 unspecified atom stereocenters. The molecule has 0 aliphatic heterocycles. The molecule has 5 nitrogen and oxygen atoms in total. The third kappa shape index (κ3) is 5.75. The van der Waals surface area contributed by atoms with Gasteiger partial charge in [-0.15, -0.1) is 0 Å². The molecule has 1 rings (SSSR count). The van der Waals surface area contributed by atoms with Crippen molar-refractivity contribution in [3.05, 3.63) is 29.8 Å². The molecule has 0 saturated heterocycles. The van der Waals surface area contributed by atoms with Gasteiger partial charge in [0.25, 0.3) is 0 Å². The Hall–Kier alpha value is -2.25. The lowest BCUT2D eigenvalue weighted by molar-refractivity contribution is -0.132. The Morgan fingerprint density at radius 3 is 2.53 bits per heavy atom. The van der Waals surface area contributed by atoms with Crippen molar-refractivity contribution in [1.29, 1.82) is 0 Å². The molecule has 0 aliphatic rings. The second kappa shape index (κ2) is 6.07. The van der Waals surface area contributed by atoms with E-state index >= 15 is 0 Å². The van der Waals surface area contributed by atoms with Crippen molar-refractivity contribution >= 4 is 17.7 Å². The van der Waals surface area contributed by atoms with Crippen LogP contribution in [0.3, 0.4) is 0 Å². The quantitative estimate of drug-likeness (QED) is 0.790. The van der Waals surface area contributed by atoms with Crippen molar-refractivity contribution < 1.29 is 27.9 Å². The predicted molar refractivity (Wildman–Crippen MR) is 61.1 cm³/mol. The van der Waals surface area contributed by atoms with E-state index in [1.54, 1.807) is 0 Å². The molecule has 19 heavy (non-hydrogen) atoms. The maximum absolute atomic E-state index is 11.8. The number of alkyl halides is 3. The molecule has 1 aromatic rings. The SMILES string of the molecule is O=C(NCCC(F)(F)F)Nc1cccc(C(=O)O)c1. The Morgan fingerprint density at radius 2 is 1.95 bits per heavy atom. The van der Waals surface area contributed by atoms with Gasteiger partial charge in [0.15, 0.2) is 0 Å². The molecule has 0 heterocycles. The lowest BCUT2D eigenvalue weighted by Gasteiger charge is -2.09. The molecule has 8 heteroatoms. The molecular weight excluding hydrogens is 265 g/mol. The van der Waals surface area contributed by atoms with Crippen molar-refractivity contribution in [2.75, 3.05) is 11.9 Å². The number of carboxylic acid groups (broad SMARTS) is 1. The van der Waals surface area contributed by atoms with E-state index in [0.717, 1.165) is 0 Å². The number of urea groups is 1. The van der Waals surface area contributed by atoms with E-state index in [1.165, 1.54) is 24.3 Å². The standard InChI is InChI=1S/C11H11F3N2O3/c12-11(13,14)4-5-15-10(19)16-8-3-1-2-7(6-8)9(17)18/h1-3,6H,4-5H2,(H,17,18)(H2,15,16,19). The van der Waals surface area contributed by atoms with E-state index in [0.29, 0.717) is 0 Å². The van der Waals surface area contributed by atoms with E-state index < -0.39 is 31.1 Å². The van der Waals surface area contributed by atoms with Gasteiger partial charge >= 0.3 is 18.2 Å². The molecule has 0 aromatic heterocycles. The number of amides is 2. The fourth-order valence-corrected chi connectivity index (χ4v) is 1.22. The number of rotatable bonds is 4. The van der Waals surface area contributed by atoms with Crippen molar-refractivity contribution in [2.45, 2.75) is 12.6 Å². The molecule has 1 aromatic carbocycles. The lowest BCUT2D eigenvalue weighted by Crippen LogP contribution is -2.31. The number of carboxylic acids is 1. The van der Waals surface area contributed by atoms with Gasteiger partial charge in [-0.05, 0) is 18.2 Å². The fraction of sp³-hybridized carbons (Fsp3) is 0.273.